The number of rotatable bonds is 7. The van der Waals surface area contributed by atoms with Gasteiger partial charge in [0.2, 0.25) is 0 Å². The molecule has 2 nitrogen and oxygen atoms in total. The molecule has 0 N–H and O–H groups in total. The average molecular weight is 751 g/mol. The van der Waals surface area contributed by atoms with Crippen LogP contribution in [0.3, 0.4) is 0 Å². The minimum atomic E-state index is 0.0601. The molecule has 10 rings (SSSR count). The SMILES string of the molecule is CC(C)(C)c1ccc(N(c2ccc(-c3cccc4c5ccccc5n(-c5ccccc5)c34)cc2)c2ccccc2-c2cccc3cccc(C4CCCCC4)c23)cc1. The Balaban J connectivity index is 1.15. The van der Waals surface area contributed by atoms with Gasteiger partial charge in [0.05, 0.1) is 16.7 Å². The second kappa shape index (κ2) is 14.8. The maximum absolute atomic E-state index is 2.47. The largest absolute Gasteiger partial charge is 0.310 e. The van der Waals surface area contributed by atoms with Crippen LogP contribution in [-0.2, 0) is 5.41 Å². The monoisotopic (exact) mass is 750 g/mol. The molecule has 1 aliphatic carbocycles. The zero-order valence-corrected chi connectivity index (χ0v) is 33.8. The summed E-state index contributed by atoms with van der Waals surface area (Å²) in [4.78, 5) is 2.47. The summed E-state index contributed by atoms with van der Waals surface area (Å²) in [6.07, 6.45) is 6.53. The van der Waals surface area contributed by atoms with Crippen molar-refractivity contribution in [3.8, 4) is 27.9 Å². The molecule has 284 valence electrons. The molecule has 9 aromatic rings. The molecule has 1 heterocycles. The molecule has 0 radical (unpaired) electrons. The van der Waals surface area contributed by atoms with Gasteiger partial charge in [0.1, 0.15) is 0 Å². The Morgan fingerprint density at radius 3 is 1.86 bits per heavy atom. The first-order valence-corrected chi connectivity index (χ1v) is 21.1. The molecule has 0 aliphatic heterocycles. The smallest absolute Gasteiger partial charge is 0.0619 e. The molecule has 0 atom stereocenters. The predicted octanol–water partition coefficient (Wildman–Crippen LogP) is 16.1. The summed E-state index contributed by atoms with van der Waals surface area (Å²) in [6.45, 7) is 6.86. The van der Waals surface area contributed by atoms with E-state index in [-0.39, 0.29) is 5.41 Å². The summed E-state index contributed by atoms with van der Waals surface area (Å²) in [5.41, 5.74) is 14.9. The van der Waals surface area contributed by atoms with Gasteiger partial charge in [0, 0.05) is 39.0 Å². The van der Waals surface area contributed by atoms with Crippen LogP contribution in [0.25, 0.3) is 60.5 Å². The van der Waals surface area contributed by atoms with Gasteiger partial charge in [-0.3, -0.25) is 0 Å². The summed E-state index contributed by atoms with van der Waals surface area (Å²) < 4.78 is 2.43. The molecule has 58 heavy (non-hydrogen) atoms. The van der Waals surface area contributed by atoms with Crippen LogP contribution < -0.4 is 4.90 Å². The van der Waals surface area contributed by atoms with Crippen LogP contribution in [-0.4, -0.2) is 4.57 Å². The number of fused-ring (bicyclic) bond motifs is 4. The van der Waals surface area contributed by atoms with Crippen LogP contribution in [0.15, 0.2) is 182 Å². The van der Waals surface area contributed by atoms with Crippen molar-refractivity contribution in [3.63, 3.8) is 0 Å². The van der Waals surface area contributed by atoms with E-state index in [1.807, 2.05) is 0 Å². The highest BCUT2D eigenvalue weighted by Crippen LogP contribution is 2.46. The van der Waals surface area contributed by atoms with Crippen LogP contribution >= 0.6 is 0 Å². The Hall–Kier alpha value is -6.38. The highest BCUT2D eigenvalue weighted by molar-refractivity contribution is 6.14. The molecule has 1 aliphatic rings. The molecule has 8 aromatic carbocycles. The van der Waals surface area contributed by atoms with Crippen molar-refractivity contribution < 1.29 is 0 Å². The van der Waals surface area contributed by atoms with Gasteiger partial charge >= 0.3 is 0 Å². The van der Waals surface area contributed by atoms with Gasteiger partial charge in [0.25, 0.3) is 0 Å². The Labute approximate surface area is 343 Å². The second-order valence-corrected chi connectivity index (χ2v) is 17.2. The minimum absolute atomic E-state index is 0.0601. The lowest BCUT2D eigenvalue weighted by Gasteiger charge is -2.30. The molecule has 0 amide bonds. The summed E-state index contributed by atoms with van der Waals surface area (Å²) >= 11 is 0. The predicted molar refractivity (Wildman–Crippen MR) is 248 cm³/mol. The van der Waals surface area contributed by atoms with E-state index >= 15 is 0 Å². The van der Waals surface area contributed by atoms with Crippen molar-refractivity contribution in [2.45, 2.75) is 64.2 Å². The fraction of sp³-hybridized carbons (Fsp3) is 0.179. The summed E-state index contributed by atoms with van der Waals surface area (Å²) in [5, 5.41) is 5.26. The molecule has 0 unspecified atom stereocenters. The topological polar surface area (TPSA) is 8.17 Å². The fourth-order valence-electron chi connectivity index (χ4n) is 9.67. The average Bonchev–Trinajstić information content (AvgIpc) is 3.62. The van der Waals surface area contributed by atoms with E-state index < -0.39 is 0 Å². The van der Waals surface area contributed by atoms with E-state index in [1.54, 1.807) is 0 Å². The zero-order chi connectivity index (χ0) is 39.2. The third-order valence-corrected chi connectivity index (χ3v) is 12.6. The number of hydrogen-bond acceptors (Lipinski definition) is 1. The van der Waals surface area contributed by atoms with Crippen molar-refractivity contribution >= 4 is 49.6 Å². The quantitative estimate of drug-likeness (QED) is 0.157. The third kappa shape index (κ3) is 6.38. The standard InChI is InChI=1S/C56H50N2/c1-56(2,3)42-33-37-45(38-34-42)57(52-29-12-10-23-48(52)50-27-15-20-41-19-14-25-46(54(41)50)39-17-6-4-7-18-39)44-35-31-40(32-36-44)47-26-16-28-51-49-24-11-13-30-53(49)58(55(47)51)43-21-8-5-9-22-43/h5,8-16,19-39H,4,6-7,17-18H2,1-3H3. The van der Waals surface area contributed by atoms with Crippen LogP contribution in [0.2, 0.25) is 0 Å². The van der Waals surface area contributed by atoms with E-state index in [9.17, 15) is 0 Å². The molecular weight excluding hydrogens is 701 g/mol. The van der Waals surface area contributed by atoms with Crippen LogP contribution in [0, 0.1) is 0 Å². The van der Waals surface area contributed by atoms with E-state index in [1.165, 1.54) is 109 Å². The Kier molecular flexibility index (Phi) is 9.21. The van der Waals surface area contributed by atoms with Crippen LogP contribution in [0.1, 0.15) is 69.9 Å². The lowest BCUT2D eigenvalue weighted by atomic mass is 9.80. The Morgan fingerprint density at radius 1 is 0.500 bits per heavy atom. The van der Waals surface area contributed by atoms with Crippen LogP contribution in [0.5, 0.6) is 0 Å². The number of anilines is 3. The normalized spacial score (nSPS) is 13.7. The highest BCUT2D eigenvalue weighted by atomic mass is 15.1. The van der Waals surface area contributed by atoms with Crippen molar-refractivity contribution in [1.29, 1.82) is 0 Å². The number of para-hydroxylation sites is 4. The van der Waals surface area contributed by atoms with Gasteiger partial charge in [-0.15, -0.1) is 0 Å². The number of aromatic nitrogens is 1. The molecule has 1 saturated carbocycles. The first kappa shape index (κ1) is 36.0. The molecule has 0 saturated heterocycles. The van der Waals surface area contributed by atoms with Crippen LogP contribution in [0.4, 0.5) is 17.1 Å². The van der Waals surface area contributed by atoms with Crippen molar-refractivity contribution in [3.05, 3.63) is 193 Å². The van der Waals surface area contributed by atoms with Crippen molar-refractivity contribution in [2.75, 3.05) is 4.90 Å². The number of benzene rings is 8. The summed E-state index contributed by atoms with van der Waals surface area (Å²) in [7, 11) is 0. The molecule has 1 fully saturated rings. The minimum Gasteiger partial charge on any atom is -0.310 e. The number of hydrogen-bond donors (Lipinski definition) is 0. The van der Waals surface area contributed by atoms with E-state index in [0.717, 1.165) is 11.4 Å². The maximum Gasteiger partial charge on any atom is 0.0619 e. The highest BCUT2D eigenvalue weighted by Gasteiger charge is 2.24. The van der Waals surface area contributed by atoms with Gasteiger partial charge < -0.3 is 9.47 Å². The van der Waals surface area contributed by atoms with Gasteiger partial charge in [-0.05, 0) is 106 Å². The molecule has 1 aromatic heterocycles. The first-order valence-electron chi connectivity index (χ1n) is 21.1. The van der Waals surface area contributed by atoms with Gasteiger partial charge in [-0.25, -0.2) is 0 Å². The van der Waals surface area contributed by atoms with E-state index in [4.69, 9.17) is 0 Å². The van der Waals surface area contributed by atoms with E-state index in [0.29, 0.717) is 5.92 Å². The zero-order valence-electron chi connectivity index (χ0n) is 33.8. The van der Waals surface area contributed by atoms with E-state index in [2.05, 4.69) is 212 Å². The van der Waals surface area contributed by atoms with Gasteiger partial charge in [0.15, 0.2) is 0 Å². The summed E-state index contributed by atoms with van der Waals surface area (Å²) in [5.74, 6) is 0.601. The molecule has 2 heteroatoms. The summed E-state index contributed by atoms with van der Waals surface area (Å²) in [6, 6.07) is 67.7. The van der Waals surface area contributed by atoms with Crippen molar-refractivity contribution in [2.24, 2.45) is 0 Å². The molecular formula is C56H50N2. The number of nitrogens with zero attached hydrogens (tertiary/aromatic N) is 2. The van der Waals surface area contributed by atoms with Gasteiger partial charge in [-0.2, -0.15) is 0 Å². The molecule has 0 spiro atoms. The third-order valence-electron chi connectivity index (χ3n) is 12.6. The molecule has 0 bridgehead atoms. The van der Waals surface area contributed by atoms with Crippen molar-refractivity contribution in [1.82, 2.24) is 4.57 Å². The van der Waals surface area contributed by atoms with Gasteiger partial charge in [-0.1, -0.05) is 173 Å². The fourth-order valence-corrected chi connectivity index (χ4v) is 9.67. The first-order chi connectivity index (χ1) is 28.4. The Bertz CT molecular complexity index is 2880. The lowest BCUT2D eigenvalue weighted by Crippen LogP contribution is -2.14. The maximum atomic E-state index is 2.47. The Morgan fingerprint density at radius 2 is 1.10 bits per heavy atom. The second-order valence-electron chi connectivity index (χ2n) is 17.2. The lowest BCUT2D eigenvalue weighted by molar-refractivity contribution is 0.445.